The molecule has 2 saturated heterocycles. The molecule has 3 rings (SSSR count). The Hall–Kier alpha value is -0.810. The van der Waals surface area contributed by atoms with Crippen LogP contribution in [0, 0.1) is 0 Å². The van der Waals surface area contributed by atoms with E-state index in [1.807, 2.05) is 4.90 Å². The monoisotopic (exact) mass is 342 g/mol. The van der Waals surface area contributed by atoms with Crippen LogP contribution in [-0.2, 0) is 4.74 Å². The number of hydrogen-bond donors (Lipinski definition) is 0. The summed E-state index contributed by atoms with van der Waals surface area (Å²) in [6.45, 7) is 5.11. The minimum absolute atomic E-state index is 0.00108. The fourth-order valence-electron chi connectivity index (χ4n) is 3.07. The van der Waals surface area contributed by atoms with E-state index in [2.05, 4.69) is 4.90 Å². The van der Waals surface area contributed by atoms with Gasteiger partial charge in [0.2, 0.25) is 0 Å². The Morgan fingerprint density at radius 3 is 2.41 bits per heavy atom. The maximum absolute atomic E-state index is 12.5. The lowest BCUT2D eigenvalue weighted by molar-refractivity contribution is 0.0433. The molecule has 2 heterocycles. The number of benzene rings is 1. The molecule has 1 atom stereocenters. The average molecular weight is 343 g/mol. The van der Waals surface area contributed by atoms with Crippen LogP contribution < -0.4 is 0 Å². The molecule has 1 aromatic carbocycles. The zero-order valence-electron chi connectivity index (χ0n) is 12.4. The first kappa shape index (κ1) is 16.1. The molecule has 1 aromatic rings. The predicted molar refractivity (Wildman–Crippen MR) is 87.8 cm³/mol. The highest BCUT2D eigenvalue weighted by atomic mass is 35.5. The maximum Gasteiger partial charge on any atom is 0.254 e. The second-order valence-electron chi connectivity index (χ2n) is 5.89. The van der Waals surface area contributed by atoms with Crippen molar-refractivity contribution in [3.8, 4) is 0 Å². The molecule has 6 heteroatoms. The highest BCUT2D eigenvalue weighted by Crippen LogP contribution is 2.21. The summed E-state index contributed by atoms with van der Waals surface area (Å²) in [7, 11) is 0. The molecular weight excluding hydrogens is 323 g/mol. The van der Waals surface area contributed by atoms with Crippen LogP contribution in [0.3, 0.4) is 0 Å². The van der Waals surface area contributed by atoms with E-state index in [9.17, 15) is 4.79 Å². The van der Waals surface area contributed by atoms with Gasteiger partial charge in [-0.2, -0.15) is 0 Å². The SMILES string of the molecule is O=C(c1cc(Cl)cc(Cl)c1)N1CCN(C[C@@H]2CCCO2)CC1. The fourth-order valence-corrected chi connectivity index (χ4v) is 3.60. The van der Waals surface area contributed by atoms with E-state index in [1.54, 1.807) is 18.2 Å². The third kappa shape index (κ3) is 3.93. The first-order valence-corrected chi connectivity index (χ1v) is 8.47. The summed E-state index contributed by atoms with van der Waals surface area (Å²) >= 11 is 11.9. The summed E-state index contributed by atoms with van der Waals surface area (Å²) < 4.78 is 5.67. The van der Waals surface area contributed by atoms with Crippen molar-refractivity contribution in [2.75, 3.05) is 39.3 Å². The number of nitrogens with zero attached hydrogens (tertiary/aromatic N) is 2. The Balaban J connectivity index is 1.55. The van der Waals surface area contributed by atoms with E-state index in [-0.39, 0.29) is 5.91 Å². The third-order valence-corrected chi connectivity index (χ3v) is 4.69. The summed E-state index contributed by atoms with van der Waals surface area (Å²) in [6.07, 6.45) is 2.69. The van der Waals surface area contributed by atoms with Gasteiger partial charge < -0.3 is 9.64 Å². The van der Waals surface area contributed by atoms with Crippen LogP contribution in [0.5, 0.6) is 0 Å². The Morgan fingerprint density at radius 2 is 1.82 bits per heavy atom. The lowest BCUT2D eigenvalue weighted by Crippen LogP contribution is -2.50. The van der Waals surface area contributed by atoms with Crippen molar-refractivity contribution in [1.82, 2.24) is 9.80 Å². The molecule has 0 unspecified atom stereocenters. The normalized spacial score (nSPS) is 23.0. The highest BCUT2D eigenvalue weighted by Gasteiger charge is 2.25. The number of carbonyl (C=O) groups is 1. The van der Waals surface area contributed by atoms with Crippen molar-refractivity contribution in [2.45, 2.75) is 18.9 Å². The topological polar surface area (TPSA) is 32.8 Å². The second-order valence-corrected chi connectivity index (χ2v) is 6.76. The lowest BCUT2D eigenvalue weighted by Gasteiger charge is -2.35. The van der Waals surface area contributed by atoms with Gasteiger partial charge in [-0.25, -0.2) is 0 Å². The molecule has 0 aromatic heterocycles. The lowest BCUT2D eigenvalue weighted by atomic mass is 10.1. The van der Waals surface area contributed by atoms with E-state index in [0.29, 0.717) is 21.7 Å². The van der Waals surface area contributed by atoms with Crippen LogP contribution in [0.4, 0.5) is 0 Å². The number of hydrogen-bond acceptors (Lipinski definition) is 3. The quantitative estimate of drug-likeness (QED) is 0.846. The summed E-state index contributed by atoms with van der Waals surface area (Å²) in [5.41, 5.74) is 0.560. The number of amides is 1. The van der Waals surface area contributed by atoms with Gasteiger partial charge in [-0.05, 0) is 31.0 Å². The number of halogens is 2. The van der Waals surface area contributed by atoms with Crippen molar-refractivity contribution in [2.24, 2.45) is 0 Å². The van der Waals surface area contributed by atoms with E-state index in [1.165, 1.54) is 6.42 Å². The van der Waals surface area contributed by atoms with Crippen molar-refractivity contribution >= 4 is 29.1 Å². The van der Waals surface area contributed by atoms with Gasteiger partial charge in [0.1, 0.15) is 0 Å². The minimum atomic E-state index is 0.00108. The standard InChI is InChI=1S/C16H20Cl2N2O2/c17-13-8-12(9-14(18)10-13)16(21)20-5-3-19(4-6-20)11-15-2-1-7-22-15/h8-10,15H,1-7,11H2/t15-/m0/s1. The Labute approximate surface area is 140 Å². The fraction of sp³-hybridized carbons (Fsp3) is 0.562. The molecule has 22 heavy (non-hydrogen) atoms. The predicted octanol–water partition coefficient (Wildman–Crippen LogP) is 2.93. The summed E-state index contributed by atoms with van der Waals surface area (Å²) in [5, 5.41) is 0.987. The van der Waals surface area contributed by atoms with E-state index >= 15 is 0 Å². The molecule has 0 N–H and O–H groups in total. The molecule has 0 bridgehead atoms. The zero-order chi connectivity index (χ0) is 15.5. The molecule has 0 aliphatic carbocycles. The van der Waals surface area contributed by atoms with E-state index in [0.717, 1.165) is 45.8 Å². The molecule has 0 radical (unpaired) electrons. The number of carbonyl (C=O) groups excluding carboxylic acids is 1. The molecule has 120 valence electrons. The summed E-state index contributed by atoms with van der Waals surface area (Å²) in [4.78, 5) is 16.8. The van der Waals surface area contributed by atoms with Gasteiger partial charge in [0.15, 0.2) is 0 Å². The Morgan fingerprint density at radius 1 is 1.14 bits per heavy atom. The third-order valence-electron chi connectivity index (χ3n) is 4.25. The molecular formula is C16H20Cl2N2O2. The van der Waals surface area contributed by atoms with E-state index in [4.69, 9.17) is 27.9 Å². The van der Waals surface area contributed by atoms with E-state index < -0.39 is 0 Å². The molecule has 2 aliphatic rings. The average Bonchev–Trinajstić information content (AvgIpc) is 2.99. The van der Waals surface area contributed by atoms with Crippen LogP contribution in [-0.4, -0.2) is 61.1 Å². The molecule has 2 fully saturated rings. The zero-order valence-corrected chi connectivity index (χ0v) is 13.9. The molecule has 2 aliphatic heterocycles. The van der Waals surface area contributed by atoms with Gasteiger partial charge in [0.05, 0.1) is 6.10 Å². The molecule has 4 nitrogen and oxygen atoms in total. The minimum Gasteiger partial charge on any atom is -0.377 e. The Bertz CT molecular complexity index is 519. The Kier molecular flexibility index (Phi) is 5.24. The van der Waals surface area contributed by atoms with Crippen LogP contribution >= 0.6 is 23.2 Å². The molecule has 0 saturated carbocycles. The van der Waals surface area contributed by atoms with Crippen LogP contribution in [0.2, 0.25) is 10.0 Å². The highest BCUT2D eigenvalue weighted by molar-refractivity contribution is 6.35. The number of piperazine rings is 1. The van der Waals surface area contributed by atoms with Gasteiger partial charge >= 0.3 is 0 Å². The van der Waals surface area contributed by atoms with Crippen molar-refractivity contribution < 1.29 is 9.53 Å². The van der Waals surface area contributed by atoms with Gasteiger partial charge in [-0.1, -0.05) is 23.2 Å². The van der Waals surface area contributed by atoms with Crippen molar-refractivity contribution in [1.29, 1.82) is 0 Å². The van der Waals surface area contributed by atoms with Crippen molar-refractivity contribution in [3.63, 3.8) is 0 Å². The van der Waals surface area contributed by atoms with Gasteiger partial charge in [-0.3, -0.25) is 9.69 Å². The number of rotatable bonds is 3. The first-order chi connectivity index (χ1) is 10.6. The summed E-state index contributed by atoms with van der Waals surface area (Å²) in [5.74, 6) is 0.00108. The van der Waals surface area contributed by atoms with Crippen molar-refractivity contribution in [3.05, 3.63) is 33.8 Å². The maximum atomic E-state index is 12.5. The van der Waals surface area contributed by atoms with Crippen LogP contribution in [0.15, 0.2) is 18.2 Å². The van der Waals surface area contributed by atoms with Crippen LogP contribution in [0.1, 0.15) is 23.2 Å². The first-order valence-electron chi connectivity index (χ1n) is 7.71. The number of ether oxygens (including phenoxy) is 1. The largest absolute Gasteiger partial charge is 0.377 e. The smallest absolute Gasteiger partial charge is 0.254 e. The van der Waals surface area contributed by atoms with Gasteiger partial charge in [0.25, 0.3) is 5.91 Å². The summed E-state index contributed by atoms with van der Waals surface area (Å²) in [6, 6.07) is 4.99. The van der Waals surface area contributed by atoms with Gasteiger partial charge in [0, 0.05) is 54.9 Å². The molecule has 1 amide bonds. The van der Waals surface area contributed by atoms with Crippen LogP contribution in [0.25, 0.3) is 0 Å². The second kappa shape index (κ2) is 7.18. The van der Waals surface area contributed by atoms with Gasteiger partial charge in [-0.15, -0.1) is 0 Å². The molecule has 0 spiro atoms.